The van der Waals surface area contributed by atoms with Gasteiger partial charge in [0.2, 0.25) is 5.91 Å². The normalized spacial score (nSPS) is 25.5. The zero-order chi connectivity index (χ0) is 11.1. The summed E-state index contributed by atoms with van der Waals surface area (Å²) in [6, 6.07) is 0. The highest BCUT2D eigenvalue weighted by atomic mass is 16.5. The van der Waals surface area contributed by atoms with Gasteiger partial charge in [0.15, 0.2) is 0 Å². The fourth-order valence-corrected chi connectivity index (χ4v) is 1.62. The summed E-state index contributed by atoms with van der Waals surface area (Å²) in [5, 5.41) is 12.6. The number of amides is 1. The summed E-state index contributed by atoms with van der Waals surface area (Å²) in [6.07, 6.45) is 4.30. The molecule has 1 heterocycles. The van der Waals surface area contributed by atoms with E-state index in [0.29, 0.717) is 32.6 Å². The van der Waals surface area contributed by atoms with Crippen LogP contribution >= 0.6 is 0 Å². The monoisotopic (exact) mass is 215 g/mol. The predicted molar refractivity (Wildman–Crippen MR) is 57.5 cm³/mol. The van der Waals surface area contributed by atoms with Crippen molar-refractivity contribution in [3.63, 3.8) is 0 Å². The van der Waals surface area contributed by atoms with Gasteiger partial charge in [-0.3, -0.25) is 4.79 Å². The van der Waals surface area contributed by atoms with Crippen LogP contribution in [0.1, 0.15) is 39.0 Å². The van der Waals surface area contributed by atoms with Crippen molar-refractivity contribution in [3.8, 4) is 0 Å². The zero-order valence-corrected chi connectivity index (χ0v) is 9.42. The van der Waals surface area contributed by atoms with Crippen LogP contribution in [-0.4, -0.2) is 36.4 Å². The smallest absolute Gasteiger partial charge is 0.220 e. The molecule has 1 saturated heterocycles. The molecule has 1 aliphatic heterocycles. The summed E-state index contributed by atoms with van der Waals surface area (Å²) in [4.78, 5) is 11.4. The lowest BCUT2D eigenvalue weighted by atomic mass is 10.0. The van der Waals surface area contributed by atoms with Gasteiger partial charge >= 0.3 is 0 Å². The second-order valence-electron chi connectivity index (χ2n) is 4.26. The van der Waals surface area contributed by atoms with Crippen LogP contribution < -0.4 is 5.32 Å². The summed E-state index contributed by atoms with van der Waals surface area (Å²) in [5.41, 5.74) is -0.833. The van der Waals surface area contributed by atoms with Crippen LogP contribution in [0.15, 0.2) is 0 Å². The molecule has 1 rings (SSSR count). The Bertz CT molecular complexity index is 200. The van der Waals surface area contributed by atoms with E-state index in [1.807, 2.05) is 0 Å². The molecule has 0 aromatic heterocycles. The molecule has 88 valence electrons. The van der Waals surface area contributed by atoms with Gasteiger partial charge in [0.25, 0.3) is 0 Å². The van der Waals surface area contributed by atoms with E-state index >= 15 is 0 Å². The molecule has 4 nitrogen and oxygen atoms in total. The summed E-state index contributed by atoms with van der Waals surface area (Å²) in [5.74, 6) is 0.0313. The minimum Gasteiger partial charge on any atom is -0.386 e. The Morgan fingerprint density at radius 1 is 1.53 bits per heavy atom. The molecule has 0 radical (unpaired) electrons. The van der Waals surface area contributed by atoms with Crippen molar-refractivity contribution in [1.82, 2.24) is 5.32 Å². The predicted octanol–water partition coefficient (Wildman–Crippen LogP) is 0.834. The Balaban J connectivity index is 2.10. The molecule has 2 N–H and O–H groups in total. The van der Waals surface area contributed by atoms with Crippen LogP contribution in [0.25, 0.3) is 0 Å². The standard InChI is InChI=1S/C11H21NO3/c1-2-3-4-5-10(13)12-8-11(14)6-7-15-9-11/h14H,2-9H2,1H3,(H,12,13). The average molecular weight is 215 g/mol. The zero-order valence-electron chi connectivity index (χ0n) is 9.42. The molecule has 0 saturated carbocycles. The first-order chi connectivity index (χ1) is 7.16. The fourth-order valence-electron chi connectivity index (χ4n) is 1.62. The number of aliphatic hydroxyl groups is 1. The second kappa shape index (κ2) is 6.08. The molecule has 1 atom stereocenters. The van der Waals surface area contributed by atoms with Crippen molar-refractivity contribution >= 4 is 5.91 Å². The van der Waals surface area contributed by atoms with E-state index in [1.54, 1.807) is 0 Å². The summed E-state index contributed by atoms with van der Waals surface area (Å²) in [6.45, 7) is 3.35. The summed E-state index contributed by atoms with van der Waals surface area (Å²) in [7, 11) is 0. The van der Waals surface area contributed by atoms with Crippen molar-refractivity contribution in [1.29, 1.82) is 0 Å². The molecule has 0 aliphatic carbocycles. The molecule has 1 fully saturated rings. The van der Waals surface area contributed by atoms with Gasteiger partial charge in [0.05, 0.1) is 6.61 Å². The van der Waals surface area contributed by atoms with Gasteiger partial charge in [-0.05, 0) is 6.42 Å². The molecule has 4 heteroatoms. The molecule has 1 unspecified atom stereocenters. The minimum atomic E-state index is -0.833. The number of carbonyl (C=O) groups excluding carboxylic acids is 1. The second-order valence-corrected chi connectivity index (χ2v) is 4.26. The number of hydrogen-bond acceptors (Lipinski definition) is 3. The van der Waals surface area contributed by atoms with Gasteiger partial charge in [0.1, 0.15) is 5.60 Å². The third-order valence-electron chi connectivity index (χ3n) is 2.70. The molecule has 0 bridgehead atoms. The Labute approximate surface area is 91.0 Å². The van der Waals surface area contributed by atoms with Gasteiger partial charge in [-0.15, -0.1) is 0 Å². The molecule has 1 amide bonds. The summed E-state index contributed by atoms with van der Waals surface area (Å²) < 4.78 is 5.09. The fraction of sp³-hybridized carbons (Fsp3) is 0.909. The number of rotatable bonds is 6. The lowest BCUT2D eigenvalue weighted by Gasteiger charge is -2.20. The number of hydrogen-bond donors (Lipinski definition) is 2. The molecule has 0 aromatic carbocycles. The summed E-state index contributed by atoms with van der Waals surface area (Å²) >= 11 is 0. The van der Waals surface area contributed by atoms with E-state index in [0.717, 1.165) is 19.3 Å². The lowest BCUT2D eigenvalue weighted by molar-refractivity contribution is -0.122. The number of nitrogens with one attached hydrogen (secondary N) is 1. The van der Waals surface area contributed by atoms with E-state index in [2.05, 4.69) is 12.2 Å². The Kier molecular flexibility index (Phi) is 5.05. The molecule has 15 heavy (non-hydrogen) atoms. The molecule has 0 aromatic rings. The van der Waals surface area contributed by atoms with Crippen LogP contribution in [-0.2, 0) is 9.53 Å². The maximum Gasteiger partial charge on any atom is 0.220 e. The van der Waals surface area contributed by atoms with Crippen molar-refractivity contribution in [2.45, 2.75) is 44.6 Å². The average Bonchev–Trinajstić information content (AvgIpc) is 2.64. The first-order valence-corrected chi connectivity index (χ1v) is 5.73. The van der Waals surface area contributed by atoms with Crippen LogP contribution in [0, 0.1) is 0 Å². The Morgan fingerprint density at radius 2 is 2.33 bits per heavy atom. The van der Waals surface area contributed by atoms with E-state index in [1.165, 1.54) is 0 Å². The largest absolute Gasteiger partial charge is 0.386 e. The van der Waals surface area contributed by atoms with Crippen molar-refractivity contribution in [2.24, 2.45) is 0 Å². The highest BCUT2D eigenvalue weighted by Crippen LogP contribution is 2.16. The topological polar surface area (TPSA) is 58.6 Å². The lowest BCUT2D eigenvalue weighted by Crippen LogP contribution is -2.43. The number of ether oxygens (including phenoxy) is 1. The highest BCUT2D eigenvalue weighted by Gasteiger charge is 2.32. The van der Waals surface area contributed by atoms with Crippen molar-refractivity contribution in [3.05, 3.63) is 0 Å². The van der Waals surface area contributed by atoms with Crippen LogP contribution in [0.2, 0.25) is 0 Å². The van der Waals surface area contributed by atoms with Gasteiger partial charge in [-0.1, -0.05) is 19.8 Å². The quantitative estimate of drug-likeness (QED) is 0.645. The van der Waals surface area contributed by atoms with Crippen LogP contribution in [0.5, 0.6) is 0 Å². The van der Waals surface area contributed by atoms with Crippen LogP contribution in [0.4, 0.5) is 0 Å². The SMILES string of the molecule is CCCCCC(=O)NCC1(O)CCOC1. The first kappa shape index (κ1) is 12.5. The van der Waals surface area contributed by atoms with E-state index in [-0.39, 0.29) is 5.91 Å². The third kappa shape index (κ3) is 4.62. The molecule has 1 aliphatic rings. The number of unbranched alkanes of at least 4 members (excludes halogenated alkanes) is 2. The first-order valence-electron chi connectivity index (χ1n) is 5.73. The van der Waals surface area contributed by atoms with E-state index < -0.39 is 5.60 Å². The van der Waals surface area contributed by atoms with Gasteiger partial charge < -0.3 is 15.2 Å². The maximum absolute atomic E-state index is 11.4. The van der Waals surface area contributed by atoms with Crippen molar-refractivity contribution < 1.29 is 14.6 Å². The molecular weight excluding hydrogens is 194 g/mol. The highest BCUT2D eigenvalue weighted by molar-refractivity contribution is 5.75. The molecule has 0 spiro atoms. The Morgan fingerprint density at radius 3 is 2.93 bits per heavy atom. The van der Waals surface area contributed by atoms with Crippen LogP contribution in [0.3, 0.4) is 0 Å². The number of carbonyl (C=O) groups is 1. The van der Waals surface area contributed by atoms with Gasteiger partial charge in [-0.2, -0.15) is 0 Å². The van der Waals surface area contributed by atoms with Gasteiger partial charge in [-0.25, -0.2) is 0 Å². The third-order valence-corrected chi connectivity index (χ3v) is 2.70. The van der Waals surface area contributed by atoms with Crippen molar-refractivity contribution in [2.75, 3.05) is 19.8 Å². The van der Waals surface area contributed by atoms with E-state index in [4.69, 9.17) is 4.74 Å². The molecular formula is C11H21NO3. The Hall–Kier alpha value is -0.610. The minimum absolute atomic E-state index is 0.0313. The van der Waals surface area contributed by atoms with E-state index in [9.17, 15) is 9.90 Å². The maximum atomic E-state index is 11.4. The van der Waals surface area contributed by atoms with Gasteiger partial charge in [0, 0.05) is 26.0 Å².